The highest BCUT2D eigenvalue weighted by Gasteiger charge is 2.30. The minimum atomic E-state index is -0.823. The van der Waals surface area contributed by atoms with Crippen LogP contribution in [-0.2, 0) is 17.8 Å². The van der Waals surface area contributed by atoms with Crippen molar-refractivity contribution >= 4 is 11.7 Å². The maximum Gasteiger partial charge on any atom is 0.338 e. The molecular formula is C29H33NO4. The van der Waals surface area contributed by atoms with Gasteiger partial charge >= 0.3 is 5.97 Å². The number of methoxy groups -OCH3 is 1. The van der Waals surface area contributed by atoms with Crippen LogP contribution < -0.4 is 9.64 Å². The predicted molar refractivity (Wildman–Crippen MR) is 135 cm³/mol. The molecule has 34 heavy (non-hydrogen) atoms. The molecule has 3 aromatic carbocycles. The van der Waals surface area contributed by atoms with Gasteiger partial charge in [0.25, 0.3) is 0 Å². The summed E-state index contributed by atoms with van der Waals surface area (Å²) in [4.78, 5) is 14.4. The molecule has 0 bridgehead atoms. The van der Waals surface area contributed by atoms with Gasteiger partial charge in [0, 0.05) is 29.9 Å². The summed E-state index contributed by atoms with van der Waals surface area (Å²) in [6, 6.07) is 22.0. The largest absolute Gasteiger partial charge is 0.497 e. The Labute approximate surface area is 201 Å². The van der Waals surface area contributed by atoms with Crippen LogP contribution in [0.1, 0.15) is 48.2 Å². The van der Waals surface area contributed by atoms with Crippen molar-refractivity contribution in [3.05, 3.63) is 83.4 Å². The van der Waals surface area contributed by atoms with Gasteiger partial charge in [0.1, 0.15) is 12.4 Å². The van der Waals surface area contributed by atoms with Crippen molar-refractivity contribution in [3.8, 4) is 16.9 Å². The number of esters is 1. The monoisotopic (exact) mass is 459 g/mol. The minimum absolute atomic E-state index is 0.0735. The highest BCUT2D eigenvalue weighted by molar-refractivity contribution is 5.98. The van der Waals surface area contributed by atoms with Crippen LogP contribution in [0.3, 0.4) is 0 Å². The van der Waals surface area contributed by atoms with E-state index < -0.39 is 5.60 Å². The van der Waals surface area contributed by atoms with Gasteiger partial charge in [-0.3, -0.25) is 0 Å². The Morgan fingerprint density at radius 1 is 1.09 bits per heavy atom. The van der Waals surface area contributed by atoms with E-state index in [4.69, 9.17) is 9.47 Å². The summed E-state index contributed by atoms with van der Waals surface area (Å²) in [5.41, 5.74) is 5.03. The fraction of sp³-hybridized carbons (Fsp3) is 0.345. The van der Waals surface area contributed by atoms with E-state index >= 15 is 0 Å². The average Bonchev–Trinajstić information content (AvgIpc) is 3.23. The molecule has 0 aliphatic carbocycles. The summed E-state index contributed by atoms with van der Waals surface area (Å²) in [5.74, 6) is 0.567. The van der Waals surface area contributed by atoms with Crippen LogP contribution in [0.2, 0.25) is 0 Å². The first-order chi connectivity index (χ1) is 16.3. The number of anilines is 1. The zero-order chi connectivity index (χ0) is 24.3. The third-order valence-corrected chi connectivity index (χ3v) is 6.81. The number of carbonyl (C=O) groups is 1. The highest BCUT2D eigenvalue weighted by atomic mass is 16.5. The standard InChI is InChI=1S/C29H33NO4/c1-20(18-29(2,32)17-16-21-10-12-23(33-4)13-11-21)30(3)26-15-14-24-25(19-34-28(24)31)27(26)22-8-6-5-7-9-22/h5-15,20,32H,16-19H2,1-4H3. The van der Waals surface area contributed by atoms with Gasteiger partial charge in [-0.25, -0.2) is 4.79 Å². The Hall–Kier alpha value is -3.31. The van der Waals surface area contributed by atoms with Crippen molar-refractivity contribution in [2.45, 2.75) is 51.4 Å². The highest BCUT2D eigenvalue weighted by Crippen LogP contribution is 2.40. The summed E-state index contributed by atoms with van der Waals surface area (Å²) in [6.45, 7) is 4.33. The Morgan fingerprint density at radius 3 is 2.47 bits per heavy atom. The Bertz CT molecular complexity index is 1140. The number of ether oxygens (including phenoxy) is 2. The first-order valence-corrected chi connectivity index (χ1v) is 11.8. The van der Waals surface area contributed by atoms with Crippen molar-refractivity contribution in [3.63, 3.8) is 0 Å². The Kier molecular flexibility index (Phi) is 6.94. The molecular weight excluding hydrogens is 426 g/mol. The summed E-state index contributed by atoms with van der Waals surface area (Å²) < 4.78 is 10.6. The average molecular weight is 460 g/mol. The quantitative estimate of drug-likeness (QED) is 0.420. The second-order valence-corrected chi connectivity index (χ2v) is 9.44. The van der Waals surface area contributed by atoms with E-state index in [1.165, 1.54) is 5.56 Å². The number of aliphatic hydroxyl groups is 1. The topological polar surface area (TPSA) is 59.0 Å². The molecule has 0 amide bonds. The summed E-state index contributed by atoms with van der Waals surface area (Å²) in [5, 5.41) is 11.2. The number of rotatable bonds is 9. The van der Waals surface area contributed by atoms with Gasteiger partial charge in [-0.15, -0.1) is 0 Å². The molecule has 2 unspecified atom stereocenters. The molecule has 0 spiro atoms. The molecule has 3 aromatic rings. The van der Waals surface area contributed by atoms with Gasteiger partial charge in [0.05, 0.1) is 18.3 Å². The van der Waals surface area contributed by atoms with Crippen LogP contribution in [0.15, 0.2) is 66.7 Å². The normalized spacial score (nSPS) is 15.3. The molecule has 0 radical (unpaired) electrons. The summed E-state index contributed by atoms with van der Waals surface area (Å²) in [6.07, 6.45) is 2.07. The lowest BCUT2D eigenvalue weighted by atomic mass is 9.89. The van der Waals surface area contributed by atoms with E-state index in [0.29, 0.717) is 18.4 Å². The lowest BCUT2D eigenvalue weighted by molar-refractivity contribution is 0.0367. The summed E-state index contributed by atoms with van der Waals surface area (Å²) in [7, 11) is 3.71. The first-order valence-electron chi connectivity index (χ1n) is 11.8. The van der Waals surface area contributed by atoms with Crippen LogP contribution in [0.5, 0.6) is 5.75 Å². The van der Waals surface area contributed by atoms with Gasteiger partial charge < -0.3 is 19.5 Å². The predicted octanol–water partition coefficient (Wildman–Crippen LogP) is 5.63. The molecule has 5 heteroatoms. The number of cyclic esters (lactones) is 1. The van der Waals surface area contributed by atoms with Gasteiger partial charge in [0.15, 0.2) is 0 Å². The van der Waals surface area contributed by atoms with Crippen LogP contribution >= 0.6 is 0 Å². The third kappa shape index (κ3) is 5.10. The van der Waals surface area contributed by atoms with Crippen molar-refractivity contribution < 1.29 is 19.4 Å². The molecule has 0 saturated carbocycles. The third-order valence-electron chi connectivity index (χ3n) is 6.81. The zero-order valence-corrected chi connectivity index (χ0v) is 20.4. The van der Waals surface area contributed by atoms with E-state index in [1.54, 1.807) is 7.11 Å². The van der Waals surface area contributed by atoms with Crippen molar-refractivity contribution in [1.29, 1.82) is 0 Å². The van der Waals surface area contributed by atoms with E-state index in [2.05, 4.69) is 31.0 Å². The number of fused-ring (bicyclic) bond motifs is 1. The number of aryl methyl sites for hydroxylation is 1. The van der Waals surface area contributed by atoms with E-state index in [-0.39, 0.29) is 18.6 Å². The molecule has 178 valence electrons. The number of nitrogens with zero attached hydrogens (tertiary/aromatic N) is 1. The molecule has 1 aliphatic heterocycles. The first kappa shape index (κ1) is 23.8. The van der Waals surface area contributed by atoms with Gasteiger partial charge in [-0.05, 0) is 68.5 Å². The number of hydrogen-bond donors (Lipinski definition) is 1. The van der Waals surface area contributed by atoms with Gasteiger partial charge in [-0.1, -0.05) is 42.5 Å². The molecule has 1 N–H and O–H groups in total. The molecule has 0 fully saturated rings. The van der Waals surface area contributed by atoms with Crippen molar-refractivity contribution in [2.24, 2.45) is 0 Å². The fourth-order valence-electron chi connectivity index (χ4n) is 4.73. The lowest BCUT2D eigenvalue weighted by Gasteiger charge is -2.35. The van der Waals surface area contributed by atoms with Crippen LogP contribution in [0, 0.1) is 0 Å². The zero-order valence-electron chi connectivity index (χ0n) is 20.4. The van der Waals surface area contributed by atoms with Gasteiger partial charge in [-0.2, -0.15) is 0 Å². The van der Waals surface area contributed by atoms with Crippen molar-refractivity contribution in [2.75, 3.05) is 19.1 Å². The maximum absolute atomic E-state index is 12.2. The minimum Gasteiger partial charge on any atom is -0.497 e. The molecule has 0 saturated heterocycles. The Morgan fingerprint density at radius 2 is 1.79 bits per heavy atom. The molecule has 5 nitrogen and oxygen atoms in total. The molecule has 1 heterocycles. The second kappa shape index (κ2) is 9.90. The molecule has 1 aliphatic rings. The molecule has 4 rings (SSSR count). The molecule has 2 atom stereocenters. The SMILES string of the molecule is COc1ccc(CCC(C)(O)CC(C)N(C)c2ccc3c(c2-c2ccccc2)COC3=O)cc1. The Balaban J connectivity index is 1.53. The van der Waals surface area contributed by atoms with Crippen LogP contribution in [0.4, 0.5) is 5.69 Å². The second-order valence-electron chi connectivity index (χ2n) is 9.44. The van der Waals surface area contributed by atoms with Crippen LogP contribution in [-0.4, -0.2) is 36.9 Å². The fourth-order valence-corrected chi connectivity index (χ4v) is 4.73. The number of hydrogen-bond acceptors (Lipinski definition) is 5. The van der Waals surface area contributed by atoms with E-state index in [0.717, 1.165) is 34.5 Å². The number of benzene rings is 3. The van der Waals surface area contributed by atoms with E-state index in [1.807, 2.05) is 61.5 Å². The van der Waals surface area contributed by atoms with Crippen molar-refractivity contribution in [1.82, 2.24) is 0 Å². The summed E-state index contributed by atoms with van der Waals surface area (Å²) >= 11 is 0. The number of carbonyl (C=O) groups excluding carboxylic acids is 1. The molecule has 0 aromatic heterocycles. The maximum atomic E-state index is 12.2. The lowest BCUT2D eigenvalue weighted by Crippen LogP contribution is -2.38. The van der Waals surface area contributed by atoms with Gasteiger partial charge in [0.2, 0.25) is 0 Å². The van der Waals surface area contributed by atoms with E-state index in [9.17, 15) is 9.90 Å². The van der Waals surface area contributed by atoms with Crippen LogP contribution in [0.25, 0.3) is 11.1 Å². The smallest absolute Gasteiger partial charge is 0.338 e.